The molecule has 0 aliphatic heterocycles. The van der Waals surface area contributed by atoms with Crippen LogP contribution in [0.2, 0.25) is 5.02 Å². The van der Waals surface area contributed by atoms with E-state index >= 15 is 0 Å². The summed E-state index contributed by atoms with van der Waals surface area (Å²) in [6.45, 7) is 2.48. The van der Waals surface area contributed by atoms with Crippen LogP contribution >= 0.6 is 11.6 Å². The first-order chi connectivity index (χ1) is 7.61. The molecule has 0 aliphatic carbocycles. The third-order valence-electron chi connectivity index (χ3n) is 2.17. The first-order valence-electron chi connectivity index (χ1n) is 4.98. The second-order valence-corrected chi connectivity index (χ2v) is 3.80. The molecule has 0 aliphatic rings. The van der Waals surface area contributed by atoms with Gasteiger partial charge in [-0.1, -0.05) is 35.9 Å². The minimum atomic E-state index is -0.938. The van der Waals surface area contributed by atoms with E-state index in [0.29, 0.717) is 11.6 Å². The molecule has 0 saturated carbocycles. The summed E-state index contributed by atoms with van der Waals surface area (Å²) in [6, 6.07) is 7.67. The smallest absolute Gasteiger partial charge is 0.328 e. The molecule has 0 amide bonds. The van der Waals surface area contributed by atoms with Gasteiger partial charge in [-0.15, -0.1) is 0 Å². The van der Waals surface area contributed by atoms with Crippen LogP contribution in [0.4, 0.5) is 0 Å². The third-order valence-corrected chi connectivity index (χ3v) is 2.52. The Morgan fingerprint density at radius 1 is 1.56 bits per heavy atom. The van der Waals surface area contributed by atoms with E-state index in [-0.39, 0.29) is 6.04 Å². The number of benzene rings is 1. The number of nitrogens with one attached hydrogen (secondary N) is 1. The Labute approximate surface area is 99.7 Å². The van der Waals surface area contributed by atoms with Crippen LogP contribution in [0.25, 0.3) is 0 Å². The quantitative estimate of drug-likeness (QED) is 0.777. The van der Waals surface area contributed by atoms with Gasteiger partial charge in [0.05, 0.1) is 0 Å². The highest BCUT2D eigenvalue weighted by Crippen LogP contribution is 2.21. The largest absolute Gasteiger partial charge is 0.478 e. The topological polar surface area (TPSA) is 49.3 Å². The summed E-state index contributed by atoms with van der Waals surface area (Å²) in [4.78, 5) is 10.2. The van der Waals surface area contributed by atoms with E-state index < -0.39 is 5.97 Å². The molecule has 0 fully saturated rings. The molecule has 3 nitrogen and oxygen atoms in total. The number of rotatable bonds is 5. The summed E-state index contributed by atoms with van der Waals surface area (Å²) in [5.41, 5.74) is 1.01. The Kier molecular flexibility index (Phi) is 5.02. The molecule has 0 heterocycles. The molecular formula is C12H14ClNO2. The standard InChI is InChI=1S/C12H14ClNO2/c1-9(14-8-4-7-12(15)16)10-5-2-3-6-11(10)13/h2-7,9,14H,8H2,1H3,(H,15,16)/b7-4+/t9-/m0/s1. The number of carboxylic acid groups (broad SMARTS) is 1. The summed E-state index contributed by atoms with van der Waals surface area (Å²) in [7, 11) is 0. The fraction of sp³-hybridized carbons (Fsp3) is 0.250. The van der Waals surface area contributed by atoms with Gasteiger partial charge in [0, 0.05) is 23.7 Å². The van der Waals surface area contributed by atoms with Crippen molar-refractivity contribution in [2.45, 2.75) is 13.0 Å². The highest BCUT2D eigenvalue weighted by Gasteiger charge is 2.06. The molecule has 86 valence electrons. The van der Waals surface area contributed by atoms with Crippen molar-refractivity contribution in [2.75, 3.05) is 6.54 Å². The van der Waals surface area contributed by atoms with Crippen LogP contribution in [-0.2, 0) is 4.79 Å². The molecule has 2 N–H and O–H groups in total. The van der Waals surface area contributed by atoms with Gasteiger partial charge in [-0.3, -0.25) is 0 Å². The zero-order chi connectivity index (χ0) is 12.0. The third kappa shape index (κ3) is 4.04. The van der Waals surface area contributed by atoms with E-state index in [4.69, 9.17) is 16.7 Å². The number of hydrogen-bond acceptors (Lipinski definition) is 2. The summed E-state index contributed by atoms with van der Waals surface area (Å²) < 4.78 is 0. The Bertz CT molecular complexity index is 390. The molecule has 0 radical (unpaired) electrons. The lowest BCUT2D eigenvalue weighted by molar-refractivity contribution is -0.131. The first-order valence-corrected chi connectivity index (χ1v) is 5.36. The van der Waals surface area contributed by atoms with E-state index in [9.17, 15) is 4.79 Å². The highest BCUT2D eigenvalue weighted by molar-refractivity contribution is 6.31. The normalized spacial score (nSPS) is 12.9. The molecule has 1 aromatic rings. The first kappa shape index (κ1) is 12.7. The molecule has 0 bridgehead atoms. The summed E-state index contributed by atoms with van der Waals surface area (Å²) in [6.07, 6.45) is 2.68. The fourth-order valence-electron chi connectivity index (χ4n) is 1.34. The van der Waals surface area contributed by atoms with Gasteiger partial charge in [-0.25, -0.2) is 4.79 Å². The van der Waals surface area contributed by atoms with Crippen molar-refractivity contribution < 1.29 is 9.90 Å². The summed E-state index contributed by atoms with van der Waals surface area (Å²) in [5.74, 6) is -0.938. The van der Waals surface area contributed by atoms with Gasteiger partial charge in [0.25, 0.3) is 0 Å². The van der Waals surface area contributed by atoms with Crippen LogP contribution in [0, 0.1) is 0 Å². The number of halogens is 1. The van der Waals surface area contributed by atoms with Crippen LogP contribution in [0.3, 0.4) is 0 Å². The van der Waals surface area contributed by atoms with Crippen LogP contribution in [-0.4, -0.2) is 17.6 Å². The lowest BCUT2D eigenvalue weighted by Crippen LogP contribution is -2.18. The van der Waals surface area contributed by atoms with E-state index in [1.165, 1.54) is 0 Å². The Hall–Kier alpha value is -1.32. The van der Waals surface area contributed by atoms with E-state index in [2.05, 4.69) is 5.32 Å². The second-order valence-electron chi connectivity index (χ2n) is 3.39. The predicted octanol–water partition coefficient (Wildman–Crippen LogP) is 2.63. The van der Waals surface area contributed by atoms with Gasteiger partial charge in [0.2, 0.25) is 0 Å². The van der Waals surface area contributed by atoms with Gasteiger partial charge in [-0.05, 0) is 18.6 Å². The maximum atomic E-state index is 10.2. The molecule has 16 heavy (non-hydrogen) atoms. The molecule has 1 atom stereocenters. The van der Waals surface area contributed by atoms with Crippen molar-refractivity contribution in [3.63, 3.8) is 0 Å². The van der Waals surface area contributed by atoms with Crippen molar-refractivity contribution in [3.8, 4) is 0 Å². The van der Waals surface area contributed by atoms with Crippen molar-refractivity contribution >= 4 is 17.6 Å². The van der Waals surface area contributed by atoms with Crippen molar-refractivity contribution in [1.29, 1.82) is 0 Å². The van der Waals surface area contributed by atoms with Crippen LogP contribution < -0.4 is 5.32 Å². The number of carbonyl (C=O) groups is 1. The zero-order valence-electron chi connectivity index (χ0n) is 8.98. The van der Waals surface area contributed by atoms with Crippen molar-refractivity contribution in [1.82, 2.24) is 5.32 Å². The number of carboxylic acids is 1. The average Bonchev–Trinajstić information content (AvgIpc) is 2.24. The summed E-state index contributed by atoms with van der Waals surface area (Å²) in [5, 5.41) is 12.3. The monoisotopic (exact) mass is 239 g/mol. The lowest BCUT2D eigenvalue weighted by atomic mass is 10.1. The van der Waals surface area contributed by atoms with E-state index in [1.807, 2.05) is 31.2 Å². The Morgan fingerprint density at radius 3 is 2.88 bits per heavy atom. The van der Waals surface area contributed by atoms with Gasteiger partial charge in [-0.2, -0.15) is 0 Å². The van der Waals surface area contributed by atoms with Gasteiger partial charge in [0.1, 0.15) is 0 Å². The van der Waals surface area contributed by atoms with Crippen LogP contribution in [0.1, 0.15) is 18.5 Å². The molecule has 0 aromatic heterocycles. The minimum absolute atomic E-state index is 0.0899. The number of hydrogen-bond donors (Lipinski definition) is 2. The molecule has 4 heteroatoms. The SMILES string of the molecule is C[C@H](NC/C=C/C(=O)O)c1ccccc1Cl. The molecule has 0 saturated heterocycles. The molecule has 0 spiro atoms. The fourth-order valence-corrected chi connectivity index (χ4v) is 1.64. The van der Waals surface area contributed by atoms with Gasteiger partial charge in [0.15, 0.2) is 0 Å². The van der Waals surface area contributed by atoms with Crippen molar-refractivity contribution in [2.24, 2.45) is 0 Å². The predicted molar refractivity (Wildman–Crippen MR) is 64.6 cm³/mol. The Morgan fingerprint density at radius 2 is 2.25 bits per heavy atom. The highest BCUT2D eigenvalue weighted by atomic mass is 35.5. The van der Waals surface area contributed by atoms with E-state index in [1.54, 1.807) is 6.08 Å². The zero-order valence-corrected chi connectivity index (χ0v) is 9.74. The maximum Gasteiger partial charge on any atom is 0.328 e. The van der Waals surface area contributed by atoms with Crippen LogP contribution in [0.15, 0.2) is 36.4 Å². The molecular weight excluding hydrogens is 226 g/mol. The number of aliphatic carboxylic acids is 1. The van der Waals surface area contributed by atoms with Gasteiger partial charge < -0.3 is 10.4 Å². The molecule has 0 unspecified atom stereocenters. The maximum absolute atomic E-state index is 10.2. The average molecular weight is 240 g/mol. The Balaban J connectivity index is 2.50. The summed E-state index contributed by atoms with van der Waals surface area (Å²) >= 11 is 6.03. The molecule has 1 aromatic carbocycles. The van der Waals surface area contributed by atoms with Gasteiger partial charge >= 0.3 is 5.97 Å². The van der Waals surface area contributed by atoms with Crippen LogP contribution in [0.5, 0.6) is 0 Å². The van der Waals surface area contributed by atoms with Crippen molar-refractivity contribution in [3.05, 3.63) is 47.0 Å². The van der Waals surface area contributed by atoms with E-state index in [0.717, 1.165) is 11.6 Å². The second kappa shape index (κ2) is 6.30. The minimum Gasteiger partial charge on any atom is -0.478 e. The lowest BCUT2D eigenvalue weighted by Gasteiger charge is -2.14. The molecule has 1 rings (SSSR count).